The lowest BCUT2D eigenvalue weighted by atomic mass is 9.44. The quantitative estimate of drug-likeness (QED) is 0.367. The Bertz CT molecular complexity index is 643. The molecule has 0 aromatic carbocycles. The van der Waals surface area contributed by atoms with Crippen molar-refractivity contribution in [2.75, 3.05) is 7.11 Å². The van der Waals surface area contributed by atoms with Gasteiger partial charge in [-0.25, -0.2) is 0 Å². The Kier molecular flexibility index (Phi) is 5.77. The largest absolute Gasteiger partial charge is 0.415 e. The van der Waals surface area contributed by atoms with E-state index in [0.717, 1.165) is 23.7 Å². The first-order chi connectivity index (χ1) is 13.6. The predicted octanol–water partition coefficient (Wildman–Crippen LogP) is 6.89. The third-order valence-electron chi connectivity index (χ3n) is 9.74. The van der Waals surface area contributed by atoms with Gasteiger partial charge < -0.3 is 9.26 Å². The zero-order chi connectivity index (χ0) is 21.0. The number of fused-ring (bicyclic) bond motifs is 5. The van der Waals surface area contributed by atoms with Crippen molar-refractivity contribution >= 4 is 14.0 Å². The van der Waals surface area contributed by atoms with Gasteiger partial charge in [0.05, 0.1) is 5.71 Å². The fraction of sp³-hybridized carbons (Fsp3) is 0.960. The van der Waals surface area contributed by atoms with E-state index in [0.29, 0.717) is 22.9 Å². The van der Waals surface area contributed by atoms with Gasteiger partial charge in [0.15, 0.2) is 8.32 Å². The van der Waals surface area contributed by atoms with Gasteiger partial charge in [0, 0.05) is 12.0 Å². The van der Waals surface area contributed by atoms with E-state index in [9.17, 15) is 0 Å². The molecule has 0 bridgehead atoms. The highest BCUT2D eigenvalue weighted by atomic mass is 28.4. The van der Waals surface area contributed by atoms with Crippen molar-refractivity contribution in [2.24, 2.45) is 45.6 Å². The molecular weight excluding hydrogens is 374 g/mol. The van der Waals surface area contributed by atoms with Gasteiger partial charge in [0.2, 0.25) is 0 Å². The molecule has 0 heterocycles. The molecule has 0 aliphatic heterocycles. The van der Waals surface area contributed by atoms with Crippen molar-refractivity contribution < 1.29 is 9.26 Å². The van der Waals surface area contributed by atoms with Crippen LogP contribution < -0.4 is 0 Å². The molecule has 4 fully saturated rings. The minimum absolute atomic E-state index is 0.380. The normalized spacial score (nSPS) is 48.7. The van der Waals surface area contributed by atoms with Crippen molar-refractivity contribution in [2.45, 2.75) is 104 Å². The highest BCUT2D eigenvalue weighted by Crippen LogP contribution is 2.67. The maximum Gasteiger partial charge on any atom is 0.184 e. The monoisotopic (exact) mass is 419 g/mol. The fourth-order valence-corrected chi connectivity index (χ4v) is 9.87. The van der Waals surface area contributed by atoms with Crippen LogP contribution in [-0.4, -0.2) is 27.2 Å². The van der Waals surface area contributed by atoms with Gasteiger partial charge in [0.25, 0.3) is 0 Å². The van der Waals surface area contributed by atoms with Gasteiger partial charge in [-0.3, -0.25) is 0 Å². The highest BCUT2D eigenvalue weighted by Gasteiger charge is 2.62. The molecule has 0 saturated heterocycles. The zero-order valence-corrected chi connectivity index (χ0v) is 21.1. The Labute approximate surface area is 180 Å². The summed E-state index contributed by atoms with van der Waals surface area (Å²) in [6.45, 7) is 14.6. The van der Waals surface area contributed by atoms with Gasteiger partial charge >= 0.3 is 0 Å². The van der Waals surface area contributed by atoms with Gasteiger partial charge in [-0.1, -0.05) is 32.3 Å². The lowest BCUT2D eigenvalue weighted by Gasteiger charge is -2.61. The second-order valence-electron chi connectivity index (χ2n) is 12.3. The first kappa shape index (κ1) is 21.9. The molecule has 4 aliphatic rings. The first-order valence-electron chi connectivity index (χ1n) is 12.4. The molecule has 4 rings (SSSR count). The van der Waals surface area contributed by atoms with Gasteiger partial charge in [0.1, 0.15) is 7.11 Å². The van der Waals surface area contributed by atoms with Crippen LogP contribution in [0.5, 0.6) is 0 Å². The molecule has 3 unspecified atom stereocenters. The van der Waals surface area contributed by atoms with E-state index in [2.05, 4.69) is 40.4 Å². The summed E-state index contributed by atoms with van der Waals surface area (Å²) >= 11 is 0. The van der Waals surface area contributed by atoms with Gasteiger partial charge in [-0.2, -0.15) is 0 Å². The number of hydrogen-bond donors (Lipinski definition) is 0. The first-order valence-corrected chi connectivity index (χ1v) is 15.8. The Balaban J connectivity index is 1.63. The zero-order valence-electron chi connectivity index (χ0n) is 20.1. The average molecular weight is 420 g/mol. The van der Waals surface area contributed by atoms with E-state index in [1.54, 1.807) is 7.11 Å². The third-order valence-corrected chi connectivity index (χ3v) is 10.8. The molecule has 0 radical (unpaired) electrons. The Hall–Kier alpha value is -0.353. The van der Waals surface area contributed by atoms with Gasteiger partial charge in [-0.05, 0) is 106 Å². The molecule has 166 valence electrons. The van der Waals surface area contributed by atoms with E-state index < -0.39 is 8.32 Å². The van der Waals surface area contributed by atoms with E-state index in [-0.39, 0.29) is 0 Å². The minimum atomic E-state index is -1.47. The lowest BCUT2D eigenvalue weighted by molar-refractivity contribution is -0.0816. The van der Waals surface area contributed by atoms with Crippen LogP contribution in [0.25, 0.3) is 0 Å². The fourth-order valence-electron chi connectivity index (χ4n) is 8.65. The molecule has 3 nitrogen and oxygen atoms in total. The summed E-state index contributed by atoms with van der Waals surface area (Å²) in [6.07, 6.45) is 12.4. The SMILES string of the molecule is CC[C@H]1CCC2C3CC[C@H]4C[C@H](O[Si](C)(C)C)CC[C@]4(C)C3C(=NOC)C[C@@]21C. The predicted molar refractivity (Wildman–Crippen MR) is 124 cm³/mol. The van der Waals surface area contributed by atoms with E-state index in [4.69, 9.17) is 14.4 Å². The van der Waals surface area contributed by atoms with Gasteiger partial charge in [-0.15, -0.1) is 0 Å². The van der Waals surface area contributed by atoms with E-state index >= 15 is 0 Å². The number of rotatable bonds is 4. The maximum absolute atomic E-state index is 6.58. The van der Waals surface area contributed by atoms with Crippen LogP contribution in [0.15, 0.2) is 5.16 Å². The van der Waals surface area contributed by atoms with Crippen LogP contribution in [-0.2, 0) is 9.26 Å². The summed E-state index contributed by atoms with van der Waals surface area (Å²) in [5.74, 6) is 3.98. The standard InChI is InChI=1S/C25H45NO2Si/c1-8-17-10-12-21-20-11-9-18-15-19(28-29(5,6)7)13-14-24(18,2)23(20)22(26-27-4)16-25(17,21)3/h17-21,23H,8-16H2,1-7H3/t17-,18-,19+,20?,21?,23?,24-,25+/m0/s1. The molecular formula is C25H45NO2Si. The van der Waals surface area contributed by atoms with Crippen LogP contribution >= 0.6 is 0 Å². The van der Waals surface area contributed by atoms with Crippen LogP contribution in [0.1, 0.15) is 78.6 Å². The van der Waals surface area contributed by atoms with Crippen molar-refractivity contribution in [1.82, 2.24) is 0 Å². The number of oxime groups is 1. The molecule has 4 aliphatic carbocycles. The molecule has 4 heteroatoms. The van der Waals surface area contributed by atoms with Crippen molar-refractivity contribution in [3.8, 4) is 0 Å². The summed E-state index contributed by atoms with van der Waals surface area (Å²) in [6, 6.07) is 0. The second-order valence-corrected chi connectivity index (χ2v) is 16.7. The Morgan fingerprint density at radius 3 is 2.45 bits per heavy atom. The average Bonchev–Trinajstić information content (AvgIpc) is 2.96. The molecule has 29 heavy (non-hydrogen) atoms. The molecule has 8 atom stereocenters. The van der Waals surface area contributed by atoms with Crippen LogP contribution in [0.2, 0.25) is 19.6 Å². The molecule has 0 aromatic heterocycles. The summed E-state index contributed by atoms with van der Waals surface area (Å²) in [5.41, 5.74) is 2.23. The summed E-state index contributed by atoms with van der Waals surface area (Å²) in [4.78, 5) is 5.47. The van der Waals surface area contributed by atoms with Crippen molar-refractivity contribution in [3.05, 3.63) is 0 Å². The molecule has 4 saturated carbocycles. The Morgan fingerprint density at radius 1 is 1.03 bits per heavy atom. The second kappa shape index (κ2) is 7.65. The topological polar surface area (TPSA) is 30.8 Å². The summed E-state index contributed by atoms with van der Waals surface area (Å²) in [7, 11) is 0.284. The van der Waals surface area contributed by atoms with E-state index in [1.165, 1.54) is 63.5 Å². The van der Waals surface area contributed by atoms with E-state index in [1.807, 2.05) is 0 Å². The lowest BCUT2D eigenvalue weighted by Crippen LogP contribution is -2.58. The molecule has 0 aromatic rings. The minimum Gasteiger partial charge on any atom is -0.415 e. The molecule has 0 N–H and O–H groups in total. The van der Waals surface area contributed by atoms with Crippen LogP contribution in [0.4, 0.5) is 0 Å². The molecule has 0 amide bonds. The summed E-state index contributed by atoms with van der Waals surface area (Å²) in [5, 5.41) is 4.75. The maximum atomic E-state index is 6.58. The Morgan fingerprint density at radius 2 is 1.79 bits per heavy atom. The van der Waals surface area contributed by atoms with Crippen molar-refractivity contribution in [1.29, 1.82) is 0 Å². The number of hydrogen-bond acceptors (Lipinski definition) is 3. The van der Waals surface area contributed by atoms with Crippen molar-refractivity contribution in [3.63, 3.8) is 0 Å². The van der Waals surface area contributed by atoms with Crippen LogP contribution in [0.3, 0.4) is 0 Å². The summed E-state index contributed by atoms with van der Waals surface area (Å²) < 4.78 is 6.58. The molecule has 0 spiro atoms. The van der Waals surface area contributed by atoms with Crippen LogP contribution in [0, 0.1) is 40.4 Å². The smallest absolute Gasteiger partial charge is 0.184 e. The highest BCUT2D eigenvalue weighted by molar-refractivity contribution is 6.69. The third kappa shape index (κ3) is 3.64. The number of nitrogens with zero attached hydrogens (tertiary/aromatic N) is 1.